The van der Waals surface area contributed by atoms with Crippen molar-refractivity contribution in [2.45, 2.75) is 41.0 Å². The summed E-state index contributed by atoms with van der Waals surface area (Å²) in [5, 5.41) is 0. The third-order valence-electron chi connectivity index (χ3n) is 2.01. The van der Waals surface area contributed by atoms with E-state index in [1.807, 2.05) is 11.4 Å². The van der Waals surface area contributed by atoms with Crippen LogP contribution in [0.3, 0.4) is 0 Å². The van der Waals surface area contributed by atoms with E-state index < -0.39 is 16.6 Å². The maximum Gasteiger partial charge on any atom is 0.210 e. The van der Waals surface area contributed by atoms with Crippen LogP contribution in [0.25, 0.3) is 0 Å². The summed E-state index contributed by atoms with van der Waals surface area (Å²) in [7, 11) is -3.22. The van der Waals surface area contributed by atoms with Crippen LogP contribution < -0.4 is 0 Å². The molecule has 2 nitrogen and oxygen atoms in total. The van der Waals surface area contributed by atoms with Crippen molar-refractivity contribution < 1.29 is 8.85 Å². The van der Waals surface area contributed by atoms with Gasteiger partial charge < -0.3 is 8.85 Å². The molecule has 0 saturated carbocycles. The van der Waals surface area contributed by atoms with Gasteiger partial charge in [0.05, 0.1) is 13.2 Å². The lowest BCUT2D eigenvalue weighted by atomic mass is 10.8. The van der Waals surface area contributed by atoms with E-state index in [0.29, 0.717) is 13.2 Å². The molecule has 0 aliphatic heterocycles. The molecule has 0 aromatic carbocycles. The molecule has 0 amide bonds. The molecule has 0 saturated heterocycles. The van der Waals surface area contributed by atoms with Crippen LogP contribution in [-0.2, 0) is 8.85 Å². The topological polar surface area (TPSA) is 18.5 Å². The third-order valence-corrected chi connectivity index (χ3v) is 5.88. The smallest absolute Gasteiger partial charge is 0.210 e. The predicted octanol–water partition coefficient (Wildman–Crippen LogP) is 4.15. The van der Waals surface area contributed by atoms with E-state index >= 15 is 0 Å². The van der Waals surface area contributed by atoms with Crippen molar-refractivity contribution in [2.24, 2.45) is 0 Å². The van der Waals surface area contributed by atoms with E-state index in [0.717, 1.165) is 0 Å². The molecule has 98 valence electrons. The minimum absolute atomic E-state index is 0. The Morgan fingerprint density at radius 2 is 1.06 bits per heavy atom. The molecular weight excluding hydrogens is 232 g/mol. The molecule has 16 heavy (non-hydrogen) atoms. The van der Waals surface area contributed by atoms with Gasteiger partial charge in [-0.05, 0) is 26.2 Å². The highest BCUT2D eigenvalue weighted by atomic mass is 28.4. The van der Waals surface area contributed by atoms with Crippen molar-refractivity contribution >= 4 is 16.6 Å². The van der Waals surface area contributed by atoms with Gasteiger partial charge in [-0.25, -0.2) is 0 Å². The lowest BCUT2D eigenvalue weighted by Gasteiger charge is -2.22. The first-order valence-corrected chi connectivity index (χ1v) is 10.9. The standard InChI is InChI=1S/C10H22O2Si2.2CH4/c1-7-13(3,4)11-9-10-12-14(5,6)8-2;;/h7-8H,1-2,9-10H2,3-6H3;2*1H4. The van der Waals surface area contributed by atoms with Gasteiger partial charge in [-0.15, -0.1) is 13.2 Å². The van der Waals surface area contributed by atoms with E-state index in [9.17, 15) is 0 Å². The van der Waals surface area contributed by atoms with E-state index in [1.54, 1.807) is 0 Å². The van der Waals surface area contributed by atoms with Gasteiger partial charge in [0, 0.05) is 0 Å². The molecule has 0 rings (SSSR count). The molecule has 0 radical (unpaired) electrons. The van der Waals surface area contributed by atoms with Gasteiger partial charge in [0.15, 0.2) is 0 Å². The Hall–Kier alpha value is -0.166. The van der Waals surface area contributed by atoms with Crippen LogP contribution in [0.5, 0.6) is 0 Å². The van der Waals surface area contributed by atoms with Crippen LogP contribution in [0.4, 0.5) is 0 Å². The maximum atomic E-state index is 5.70. The lowest BCUT2D eigenvalue weighted by molar-refractivity contribution is 0.211. The van der Waals surface area contributed by atoms with Crippen molar-refractivity contribution in [3.8, 4) is 0 Å². The highest BCUT2D eigenvalue weighted by Gasteiger charge is 2.19. The van der Waals surface area contributed by atoms with Crippen LogP contribution in [0.1, 0.15) is 14.9 Å². The minimum atomic E-state index is -1.61. The molecule has 0 spiro atoms. The SMILES string of the molecule is C.C.C=C[Si](C)(C)OCCO[Si](C)(C)C=C. The molecule has 0 fully saturated rings. The molecule has 0 N–H and O–H groups in total. The molecule has 0 aliphatic rings. The fourth-order valence-corrected chi connectivity index (χ4v) is 2.18. The van der Waals surface area contributed by atoms with E-state index in [-0.39, 0.29) is 14.9 Å². The van der Waals surface area contributed by atoms with Crippen LogP contribution in [0.2, 0.25) is 26.2 Å². The zero-order valence-electron chi connectivity index (χ0n) is 9.80. The van der Waals surface area contributed by atoms with Gasteiger partial charge >= 0.3 is 0 Å². The largest absolute Gasteiger partial charge is 0.411 e. The van der Waals surface area contributed by atoms with Crippen molar-refractivity contribution in [3.63, 3.8) is 0 Å². The van der Waals surface area contributed by atoms with Gasteiger partial charge in [0.1, 0.15) is 0 Å². The monoisotopic (exact) mass is 262 g/mol. The lowest BCUT2D eigenvalue weighted by Crippen LogP contribution is -2.33. The summed E-state index contributed by atoms with van der Waals surface area (Å²) in [6.07, 6.45) is 0. The van der Waals surface area contributed by atoms with Crippen LogP contribution in [0.15, 0.2) is 24.6 Å². The Bertz CT molecular complexity index is 179. The summed E-state index contributed by atoms with van der Waals surface area (Å²) in [4.78, 5) is 0. The molecule has 4 heteroatoms. The van der Waals surface area contributed by atoms with Crippen LogP contribution in [0, 0.1) is 0 Å². The van der Waals surface area contributed by atoms with Crippen LogP contribution in [-0.4, -0.2) is 29.8 Å². The first-order chi connectivity index (χ1) is 6.33. The molecule has 0 aliphatic carbocycles. The Balaban J connectivity index is -0.000000845. The van der Waals surface area contributed by atoms with Gasteiger partial charge in [0.25, 0.3) is 0 Å². The fourth-order valence-electron chi connectivity index (χ4n) is 0.727. The second-order valence-corrected chi connectivity index (χ2v) is 12.1. The van der Waals surface area contributed by atoms with Crippen LogP contribution >= 0.6 is 0 Å². The average molecular weight is 263 g/mol. The van der Waals surface area contributed by atoms with Crippen molar-refractivity contribution in [1.82, 2.24) is 0 Å². The Morgan fingerprint density at radius 3 is 1.25 bits per heavy atom. The summed E-state index contributed by atoms with van der Waals surface area (Å²) in [5.41, 5.74) is 3.87. The zero-order valence-corrected chi connectivity index (χ0v) is 11.8. The molecule has 0 unspecified atom stereocenters. The third kappa shape index (κ3) is 10.4. The molecule has 0 atom stereocenters. The highest BCUT2D eigenvalue weighted by Crippen LogP contribution is 2.07. The number of hydrogen-bond acceptors (Lipinski definition) is 2. The Kier molecular flexibility index (Phi) is 11.8. The Morgan fingerprint density at radius 1 is 0.812 bits per heavy atom. The normalized spacial score (nSPS) is 11.0. The zero-order chi connectivity index (χ0) is 11.2. The van der Waals surface area contributed by atoms with E-state index in [1.165, 1.54) is 0 Å². The van der Waals surface area contributed by atoms with Crippen molar-refractivity contribution in [2.75, 3.05) is 13.2 Å². The van der Waals surface area contributed by atoms with Crippen molar-refractivity contribution in [1.29, 1.82) is 0 Å². The number of rotatable bonds is 7. The summed E-state index contributed by atoms with van der Waals surface area (Å²) in [6.45, 7) is 17.3. The van der Waals surface area contributed by atoms with Gasteiger partial charge in [-0.3, -0.25) is 0 Å². The Labute approximate surface area is 105 Å². The average Bonchev–Trinajstić information content (AvgIpc) is 2.13. The van der Waals surface area contributed by atoms with E-state index in [2.05, 4.69) is 39.3 Å². The molecule has 0 aromatic heterocycles. The van der Waals surface area contributed by atoms with Gasteiger partial charge in [-0.2, -0.15) is 0 Å². The molecular formula is C12H30O2Si2. The molecule has 0 bridgehead atoms. The molecule has 0 heterocycles. The molecule has 0 aromatic rings. The highest BCUT2D eigenvalue weighted by molar-refractivity contribution is 6.76. The summed E-state index contributed by atoms with van der Waals surface area (Å²) < 4.78 is 11.4. The van der Waals surface area contributed by atoms with Gasteiger partial charge in [0.2, 0.25) is 16.6 Å². The summed E-state index contributed by atoms with van der Waals surface area (Å²) in [6, 6.07) is 0. The van der Waals surface area contributed by atoms with Crippen molar-refractivity contribution in [3.05, 3.63) is 24.6 Å². The first kappa shape index (κ1) is 21.2. The first-order valence-electron chi connectivity index (χ1n) is 4.88. The summed E-state index contributed by atoms with van der Waals surface area (Å²) >= 11 is 0. The second-order valence-electron chi connectivity index (χ2n) is 4.31. The van der Waals surface area contributed by atoms with E-state index in [4.69, 9.17) is 8.85 Å². The predicted molar refractivity (Wildman–Crippen MR) is 80.7 cm³/mol. The summed E-state index contributed by atoms with van der Waals surface area (Å²) in [5.74, 6) is 0. The maximum absolute atomic E-state index is 5.70. The van der Waals surface area contributed by atoms with Gasteiger partial charge in [-0.1, -0.05) is 26.3 Å². The second kappa shape index (κ2) is 8.93. The number of hydrogen-bond donors (Lipinski definition) is 0. The minimum Gasteiger partial charge on any atom is -0.411 e. The quantitative estimate of drug-likeness (QED) is 0.507. The fraction of sp³-hybridized carbons (Fsp3) is 0.667.